The molecule has 0 aromatic carbocycles. The Kier molecular flexibility index (Phi) is 2.91. The van der Waals surface area contributed by atoms with Crippen molar-refractivity contribution in [2.24, 2.45) is 10.3 Å². The maximum Gasteiger partial charge on any atom is 0.178 e. The van der Waals surface area contributed by atoms with Gasteiger partial charge >= 0.3 is 0 Å². The van der Waals surface area contributed by atoms with Crippen molar-refractivity contribution >= 4 is 18.2 Å². The summed E-state index contributed by atoms with van der Waals surface area (Å²) in [6.45, 7) is 3.40. The lowest BCUT2D eigenvalue weighted by Crippen LogP contribution is -2.22. The Hall–Kier alpha value is -1.98. The van der Waals surface area contributed by atoms with Crippen LogP contribution < -0.4 is 11.3 Å². The zero-order chi connectivity index (χ0) is 9.68. The Balaban J connectivity index is 2.97. The van der Waals surface area contributed by atoms with E-state index < -0.39 is 0 Å². The van der Waals surface area contributed by atoms with E-state index in [0.717, 1.165) is 5.56 Å². The molecule has 13 heavy (non-hydrogen) atoms. The third kappa shape index (κ3) is 1.98. The second-order valence-corrected chi connectivity index (χ2v) is 2.24. The number of pyridine rings is 1. The largest absolute Gasteiger partial charge is 0.391 e. The van der Waals surface area contributed by atoms with E-state index in [1.165, 1.54) is 0 Å². The van der Waals surface area contributed by atoms with Gasteiger partial charge < -0.3 is 10.6 Å². The second-order valence-electron chi connectivity index (χ2n) is 2.24. The van der Waals surface area contributed by atoms with Crippen LogP contribution in [0.15, 0.2) is 22.5 Å². The van der Waals surface area contributed by atoms with Crippen molar-refractivity contribution in [3.8, 4) is 0 Å². The highest BCUT2D eigenvalue weighted by Crippen LogP contribution is 2.23. The maximum atomic E-state index is 5.52. The summed E-state index contributed by atoms with van der Waals surface area (Å²) < 4.78 is 0. The van der Waals surface area contributed by atoms with E-state index in [2.05, 4.69) is 22.0 Å². The van der Waals surface area contributed by atoms with Gasteiger partial charge in [0.25, 0.3) is 0 Å². The number of nitrogen functional groups attached to an aromatic ring is 1. The molecule has 1 aromatic heterocycles. The van der Waals surface area contributed by atoms with E-state index in [0.29, 0.717) is 5.69 Å². The molecule has 0 unspecified atom stereocenters. The normalized spacial score (nSPS) is 9.23. The van der Waals surface area contributed by atoms with Crippen LogP contribution in [0.4, 0.5) is 11.5 Å². The number of oxime groups is 1. The molecule has 0 fully saturated rings. The minimum absolute atomic E-state index is 0.228. The van der Waals surface area contributed by atoms with Crippen LogP contribution in [0.5, 0.6) is 0 Å². The third-order valence-electron chi connectivity index (χ3n) is 1.48. The van der Waals surface area contributed by atoms with Gasteiger partial charge in [-0.25, -0.2) is 4.98 Å². The second kappa shape index (κ2) is 4.15. The van der Waals surface area contributed by atoms with Crippen LogP contribution in [0.1, 0.15) is 5.56 Å². The molecule has 0 radical (unpaired) electrons. The highest BCUT2D eigenvalue weighted by atomic mass is 16.6. The highest BCUT2D eigenvalue weighted by Gasteiger charge is 2.08. The number of hydrogen-bond donors (Lipinski definition) is 2. The number of nitrogens with two attached hydrogens (primary N) is 2. The Bertz CT molecular complexity index is 325. The van der Waals surface area contributed by atoms with E-state index in [4.69, 9.17) is 16.1 Å². The first kappa shape index (κ1) is 9.11. The topological polar surface area (TPSA) is 98.5 Å². The predicted octanol–water partition coefficient (Wildman–Crippen LogP) is -0.361. The molecular weight excluding hydrogens is 170 g/mol. The van der Waals surface area contributed by atoms with Crippen LogP contribution in [-0.4, -0.2) is 11.7 Å². The summed E-state index contributed by atoms with van der Waals surface area (Å²) in [6.07, 6.45) is 1.55. The molecule has 0 saturated heterocycles. The predicted molar refractivity (Wildman–Crippen MR) is 47.0 cm³/mol. The van der Waals surface area contributed by atoms with Crippen molar-refractivity contribution in [3.63, 3.8) is 0 Å². The molecule has 68 valence electrons. The summed E-state index contributed by atoms with van der Waals surface area (Å²) in [5.74, 6) is 0.271. The van der Waals surface area contributed by atoms with Crippen LogP contribution in [0.25, 0.3) is 0 Å². The van der Waals surface area contributed by atoms with Crippen molar-refractivity contribution in [2.45, 2.75) is 6.61 Å². The SMILES string of the molecule is C=NOCc1ccnc(N)c1N=[NH2+]. The lowest BCUT2D eigenvalue weighted by Gasteiger charge is -2.02. The Morgan fingerprint density at radius 2 is 2.46 bits per heavy atom. The number of rotatable bonds is 4. The highest BCUT2D eigenvalue weighted by molar-refractivity contribution is 5.60. The van der Waals surface area contributed by atoms with Crippen LogP contribution in [0, 0.1) is 0 Å². The fraction of sp³-hybridized carbons (Fsp3) is 0.143. The van der Waals surface area contributed by atoms with E-state index in [1.54, 1.807) is 12.3 Å². The molecule has 0 spiro atoms. The summed E-state index contributed by atoms with van der Waals surface area (Å²) >= 11 is 0. The van der Waals surface area contributed by atoms with Crippen molar-refractivity contribution in [1.29, 1.82) is 0 Å². The Morgan fingerprint density at radius 1 is 1.69 bits per heavy atom. The zero-order valence-electron chi connectivity index (χ0n) is 6.97. The van der Waals surface area contributed by atoms with Crippen LogP contribution in [-0.2, 0) is 11.4 Å². The smallest absolute Gasteiger partial charge is 0.178 e. The van der Waals surface area contributed by atoms with Crippen LogP contribution in [0.2, 0.25) is 0 Å². The first-order valence-corrected chi connectivity index (χ1v) is 3.52. The molecule has 4 N–H and O–H groups in total. The molecule has 0 atom stereocenters. The fourth-order valence-electron chi connectivity index (χ4n) is 0.893. The molecule has 0 aliphatic heterocycles. The zero-order valence-corrected chi connectivity index (χ0v) is 6.97. The molecule has 1 heterocycles. The van der Waals surface area contributed by atoms with Crippen molar-refractivity contribution < 1.29 is 10.4 Å². The number of aromatic nitrogens is 1. The first-order chi connectivity index (χ1) is 6.29. The Labute approximate surface area is 74.9 Å². The van der Waals surface area contributed by atoms with Gasteiger partial charge in [-0.2, -0.15) is 5.53 Å². The summed E-state index contributed by atoms with van der Waals surface area (Å²) in [5.41, 5.74) is 11.8. The molecule has 1 aromatic rings. The van der Waals surface area contributed by atoms with Gasteiger partial charge in [-0.05, 0) is 11.2 Å². The quantitative estimate of drug-likeness (QED) is 0.376. The van der Waals surface area contributed by atoms with Gasteiger partial charge in [-0.1, -0.05) is 0 Å². The van der Waals surface area contributed by atoms with Gasteiger partial charge in [0.15, 0.2) is 11.5 Å². The molecule has 6 nitrogen and oxygen atoms in total. The molecule has 1 rings (SSSR count). The van der Waals surface area contributed by atoms with E-state index in [-0.39, 0.29) is 12.4 Å². The number of hydrogen-bond acceptors (Lipinski definition) is 5. The number of nitrogens with zero attached hydrogens (tertiary/aromatic N) is 3. The van der Waals surface area contributed by atoms with Gasteiger partial charge in [0.2, 0.25) is 0 Å². The molecule has 6 heteroatoms. The van der Waals surface area contributed by atoms with Gasteiger partial charge in [0.05, 0.1) is 0 Å². The fourth-order valence-corrected chi connectivity index (χ4v) is 0.893. The maximum absolute atomic E-state index is 5.52. The van der Waals surface area contributed by atoms with Gasteiger partial charge in [0.1, 0.15) is 6.61 Å². The van der Waals surface area contributed by atoms with Gasteiger partial charge in [0, 0.05) is 18.5 Å². The average Bonchev–Trinajstić information content (AvgIpc) is 2.15. The standard InChI is InChI=1S/C7H9N5O/c1-10-13-4-5-2-3-11-7(8)6(5)12-9/h2-3,9H,1,4H2,(H2,8,11)/p+1. The van der Waals surface area contributed by atoms with Gasteiger partial charge in [-0.15, -0.1) is 5.16 Å². The van der Waals surface area contributed by atoms with Crippen molar-refractivity contribution in [1.82, 2.24) is 4.98 Å². The van der Waals surface area contributed by atoms with Crippen molar-refractivity contribution in [3.05, 3.63) is 17.8 Å². The summed E-state index contributed by atoms with van der Waals surface area (Å²) in [4.78, 5) is 8.55. The molecule has 0 aliphatic carbocycles. The lowest BCUT2D eigenvalue weighted by molar-refractivity contribution is -0.210. The van der Waals surface area contributed by atoms with E-state index in [1.807, 2.05) is 0 Å². The minimum atomic E-state index is 0.228. The summed E-state index contributed by atoms with van der Waals surface area (Å²) in [5, 5.41) is 6.74. The monoisotopic (exact) mass is 180 g/mol. The third-order valence-corrected chi connectivity index (χ3v) is 1.48. The summed E-state index contributed by atoms with van der Waals surface area (Å²) in [6, 6.07) is 1.70. The van der Waals surface area contributed by atoms with E-state index in [9.17, 15) is 0 Å². The van der Waals surface area contributed by atoms with Crippen LogP contribution in [0.3, 0.4) is 0 Å². The molecule has 0 amide bonds. The van der Waals surface area contributed by atoms with Crippen molar-refractivity contribution in [2.75, 3.05) is 5.73 Å². The Morgan fingerprint density at radius 3 is 3.08 bits per heavy atom. The lowest BCUT2D eigenvalue weighted by atomic mass is 10.2. The molecular formula is C7H10N5O+. The summed E-state index contributed by atoms with van der Waals surface area (Å²) in [7, 11) is 0. The molecule has 0 aliphatic rings. The van der Waals surface area contributed by atoms with Crippen LogP contribution >= 0.6 is 0 Å². The molecule has 0 bridgehead atoms. The minimum Gasteiger partial charge on any atom is -0.391 e. The number of anilines is 1. The molecule has 0 saturated carbocycles. The van der Waals surface area contributed by atoms with Gasteiger partial charge in [-0.3, -0.25) is 0 Å². The average molecular weight is 180 g/mol. The van der Waals surface area contributed by atoms with E-state index >= 15 is 0 Å². The first-order valence-electron chi connectivity index (χ1n) is 3.52.